The Hall–Kier alpha value is -3.65. The zero-order valence-electron chi connectivity index (χ0n) is 12.6. The van der Waals surface area contributed by atoms with Crippen molar-refractivity contribution in [3.63, 3.8) is 0 Å². The maximum atomic E-state index is 9.06. The van der Waals surface area contributed by atoms with Gasteiger partial charge in [0.1, 0.15) is 11.3 Å². The molecule has 5 heteroatoms. The molecule has 0 saturated heterocycles. The second kappa shape index (κ2) is 5.52. The number of anilines is 1. The van der Waals surface area contributed by atoms with Crippen molar-refractivity contribution >= 4 is 16.9 Å². The van der Waals surface area contributed by atoms with Crippen molar-refractivity contribution in [3.8, 4) is 28.7 Å². The van der Waals surface area contributed by atoms with Crippen molar-refractivity contribution in [2.75, 3.05) is 5.73 Å². The van der Waals surface area contributed by atoms with E-state index in [1.807, 2.05) is 48.5 Å². The van der Waals surface area contributed by atoms with Crippen molar-refractivity contribution < 1.29 is 4.42 Å². The summed E-state index contributed by atoms with van der Waals surface area (Å²) in [7, 11) is 0. The molecule has 0 aliphatic rings. The van der Waals surface area contributed by atoms with E-state index in [0.29, 0.717) is 28.4 Å². The van der Waals surface area contributed by atoms with Crippen LogP contribution in [0.2, 0.25) is 0 Å². The molecule has 0 radical (unpaired) electrons. The van der Waals surface area contributed by atoms with Crippen LogP contribution >= 0.6 is 0 Å². The molecule has 4 rings (SSSR count). The minimum atomic E-state index is 0.349. The van der Waals surface area contributed by atoms with E-state index in [2.05, 4.69) is 16.0 Å². The average molecular weight is 312 g/mol. The average Bonchev–Trinajstić information content (AvgIpc) is 3.06. The molecule has 114 valence electrons. The van der Waals surface area contributed by atoms with E-state index >= 15 is 0 Å². The highest BCUT2D eigenvalue weighted by atomic mass is 16.3. The van der Waals surface area contributed by atoms with E-state index < -0.39 is 0 Å². The second-order valence-corrected chi connectivity index (χ2v) is 5.34. The van der Waals surface area contributed by atoms with Gasteiger partial charge in [-0.05, 0) is 35.9 Å². The molecule has 0 unspecified atom stereocenters. The third kappa shape index (κ3) is 2.36. The number of hydrogen-bond acceptors (Lipinski definition) is 5. The quantitative estimate of drug-likeness (QED) is 0.604. The normalized spacial score (nSPS) is 10.6. The number of benzene rings is 2. The van der Waals surface area contributed by atoms with Crippen LogP contribution in [-0.4, -0.2) is 9.97 Å². The summed E-state index contributed by atoms with van der Waals surface area (Å²) >= 11 is 0. The number of pyridine rings is 1. The smallest absolute Gasteiger partial charge is 0.231 e. The SMILES string of the molecule is N#Cc1cccc(-c2cnc(N)c(-c3nc4ccccc4o3)c2)c1. The predicted octanol–water partition coefficient (Wildman–Crippen LogP) is 4.01. The van der Waals surface area contributed by atoms with Crippen LogP contribution in [0.4, 0.5) is 5.82 Å². The summed E-state index contributed by atoms with van der Waals surface area (Å²) in [4.78, 5) is 8.73. The largest absolute Gasteiger partial charge is 0.436 e. The van der Waals surface area contributed by atoms with Crippen molar-refractivity contribution in [3.05, 3.63) is 66.4 Å². The van der Waals surface area contributed by atoms with Crippen LogP contribution in [-0.2, 0) is 0 Å². The Bertz CT molecular complexity index is 1060. The molecule has 2 heterocycles. The van der Waals surface area contributed by atoms with E-state index in [9.17, 15) is 0 Å². The highest BCUT2D eigenvalue weighted by Crippen LogP contribution is 2.31. The van der Waals surface area contributed by atoms with Gasteiger partial charge in [-0.25, -0.2) is 9.97 Å². The molecule has 0 aliphatic carbocycles. The van der Waals surface area contributed by atoms with Crippen LogP contribution in [0.25, 0.3) is 33.7 Å². The van der Waals surface area contributed by atoms with E-state index in [1.54, 1.807) is 12.3 Å². The molecule has 4 aromatic rings. The third-order valence-electron chi connectivity index (χ3n) is 3.77. The van der Waals surface area contributed by atoms with Gasteiger partial charge in [0.15, 0.2) is 5.58 Å². The Labute approximate surface area is 138 Å². The Kier molecular flexibility index (Phi) is 3.22. The number of rotatable bonds is 2. The van der Waals surface area contributed by atoms with Crippen LogP contribution in [0.3, 0.4) is 0 Å². The van der Waals surface area contributed by atoms with Gasteiger partial charge >= 0.3 is 0 Å². The maximum absolute atomic E-state index is 9.06. The van der Waals surface area contributed by atoms with Crippen LogP contribution in [0.15, 0.2) is 65.2 Å². The lowest BCUT2D eigenvalue weighted by Gasteiger charge is -2.06. The molecule has 2 N–H and O–H groups in total. The fourth-order valence-electron chi connectivity index (χ4n) is 2.56. The minimum Gasteiger partial charge on any atom is -0.436 e. The molecule has 0 spiro atoms. The summed E-state index contributed by atoms with van der Waals surface area (Å²) in [6.45, 7) is 0. The van der Waals surface area contributed by atoms with Gasteiger partial charge in [-0.1, -0.05) is 24.3 Å². The number of para-hydroxylation sites is 2. The summed E-state index contributed by atoms with van der Waals surface area (Å²) in [5.41, 5.74) is 10.4. The standard InChI is InChI=1S/C19H12N4O/c20-10-12-4-3-5-13(8-12)14-9-15(18(21)22-11-14)19-23-16-6-1-2-7-17(16)24-19/h1-9,11H,(H2,21,22). The zero-order valence-corrected chi connectivity index (χ0v) is 12.6. The van der Waals surface area contributed by atoms with Crippen molar-refractivity contribution in [2.45, 2.75) is 0 Å². The van der Waals surface area contributed by atoms with Gasteiger partial charge in [-0.3, -0.25) is 0 Å². The number of oxazole rings is 1. The first-order chi connectivity index (χ1) is 11.7. The lowest BCUT2D eigenvalue weighted by molar-refractivity contribution is 0.620. The zero-order chi connectivity index (χ0) is 16.5. The summed E-state index contributed by atoms with van der Waals surface area (Å²) in [5, 5.41) is 9.06. The summed E-state index contributed by atoms with van der Waals surface area (Å²) < 4.78 is 5.79. The van der Waals surface area contributed by atoms with Gasteiger partial charge in [-0.15, -0.1) is 0 Å². The number of nitrogens with two attached hydrogens (primary N) is 1. The molecule has 0 amide bonds. The molecule has 0 saturated carbocycles. The monoisotopic (exact) mass is 312 g/mol. The molecule has 5 nitrogen and oxygen atoms in total. The lowest BCUT2D eigenvalue weighted by Crippen LogP contribution is -1.95. The second-order valence-electron chi connectivity index (χ2n) is 5.34. The number of nitrogen functional groups attached to an aromatic ring is 1. The van der Waals surface area contributed by atoms with Gasteiger partial charge in [0.05, 0.1) is 17.2 Å². The molecule has 0 bridgehead atoms. The van der Waals surface area contributed by atoms with Gasteiger partial charge < -0.3 is 10.2 Å². The van der Waals surface area contributed by atoms with E-state index in [-0.39, 0.29) is 0 Å². The highest BCUT2D eigenvalue weighted by Gasteiger charge is 2.13. The van der Waals surface area contributed by atoms with Crippen molar-refractivity contribution in [1.82, 2.24) is 9.97 Å². The molecule has 0 aliphatic heterocycles. The topological polar surface area (TPSA) is 88.7 Å². The number of nitriles is 1. The van der Waals surface area contributed by atoms with Crippen LogP contribution in [0.5, 0.6) is 0 Å². The molecular formula is C19H12N4O. The van der Waals surface area contributed by atoms with Gasteiger partial charge in [0, 0.05) is 11.8 Å². The number of nitrogens with zero attached hydrogens (tertiary/aromatic N) is 3. The maximum Gasteiger partial charge on any atom is 0.231 e. The molecular weight excluding hydrogens is 300 g/mol. The van der Waals surface area contributed by atoms with E-state index in [4.69, 9.17) is 15.4 Å². The van der Waals surface area contributed by atoms with Crippen LogP contribution in [0, 0.1) is 11.3 Å². The molecule has 2 aromatic heterocycles. The molecule has 0 atom stereocenters. The van der Waals surface area contributed by atoms with E-state index in [0.717, 1.165) is 16.6 Å². The Balaban J connectivity index is 1.85. The highest BCUT2D eigenvalue weighted by molar-refractivity contribution is 5.81. The van der Waals surface area contributed by atoms with Gasteiger partial charge in [0.2, 0.25) is 5.89 Å². The molecule has 0 fully saturated rings. The van der Waals surface area contributed by atoms with Crippen LogP contribution < -0.4 is 5.73 Å². The minimum absolute atomic E-state index is 0.349. The first-order valence-corrected chi connectivity index (χ1v) is 7.36. The Morgan fingerprint density at radius 1 is 1.00 bits per heavy atom. The van der Waals surface area contributed by atoms with E-state index in [1.165, 1.54) is 0 Å². The summed E-state index contributed by atoms with van der Waals surface area (Å²) in [6, 6.07) is 18.9. The first kappa shape index (κ1) is 14.0. The third-order valence-corrected chi connectivity index (χ3v) is 3.77. The number of fused-ring (bicyclic) bond motifs is 1. The fraction of sp³-hybridized carbons (Fsp3) is 0. The Morgan fingerprint density at radius 3 is 2.71 bits per heavy atom. The fourth-order valence-corrected chi connectivity index (χ4v) is 2.56. The van der Waals surface area contributed by atoms with Crippen molar-refractivity contribution in [2.24, 2.45) is 0 Å². The van der Waals surface area contributed by atoms with Crippen molar-refractivity contribution in [1.29, 1.82) is 5.26 Å². The lowest BCUT2D eigenvalue weighted by atomic mass is 10.0. The number of aromatic nitrogens is 2. The predicted molar refractivity (Wildman–Crippen MR) is 91.8 cm³/mol. The molecule has 2 aromatic carbocycles. The summed E-state index contributed by atoms with van der Waals surface area (Å²) in [6.07, 6.45) is 1.68. The van der Waals surface area contributed by atoms with Gasteiger partial charge in [0.25, 0.3) is 0 Å². The van der Waals surface area contributed by atoms with Crippen LogP contribution in [0.1, 0.15) is 5.56 Å². The molecule has 24 heavy (non-hydrogen) atoms. The van der Waals surface area contributed by atoms with Gasteiger partial charge in [-0.2, -0.15) is 5.26 Å². The first-order valence-electron chi connectivity index (χ1n) is 7.36. The summed E-state index contributed by atoms with van der Waals surface area (Å²) in [5.74, 6) is 0.779. The number of hydrogen-bond donors (Lipinski definition) is 1. The Morgan fingerprint density at radius 2 is 1.88 bits per heavy atom.